The van der Waals surface area contributed by atoms with Crippen molar-refractivity contribution in [3.05, 3.63) is 72.1 Å². The molecule has 6 rings (SSSR count). The third-order valence-corrected chi connectivity index (χ3v) is 6.29. The van der Waals surface area contributed by atoms with Crippen LogP contribution in [0.15, 0.2) is 55.0 Å². The number of aromatic nitrogens is 5. The van der Waals surface area contributed by atoms with Gasteiger partial charge in [0.25, 0.3) is 5.91 Å². The Labute approximate surface area is 201 Å². The fraction of sp³-hybridized carbons (Fsp3) is 0.269. The molecule has 0 saturated heterocycles. The van der Waals surface area contributed by atoms with Gasteiger partial charge in [-0.2, -0.15) is 0 Å². The highest BCUT2D eigenvalue weighted by Crippen LogP contribution is 2.39. The van der Waals surface area contributed by atoms with Crippen molar-refractivity contribution < 1.29 is 13.9 Å². The first-order chi connectivity index (χ1) is 17.2. The zero-order valence-corrected chi connectivity index (χ0v) is 18.9. The van der Waals surface area contributed by atoms with Crippen molar-refractivity contribution in [2.24, 2.45) is 0 Å². The van der Waals surface area contributed by atoms with Crippen LogP contribution in [0.4, 0.5) is 10.2 Å². The molecule has 1 saturated carbocycles. The molecule has 0 spiro atoms. The highest BCUT2D eigenvalue weighted by Gasteiger charge is 2.25. The van der Waals surface area contributed by atoms with Crippen LogP contribution >= 0.6 is 0 Å². The second kappa shape index (κ2) is 8.90. The van der Waals surface area contributed by atoms with Crippen molar-refractivity contribution in [1.82, 2.24) is 24.7 Å². The maximum absolute atomic E-state index is 15.2. The van der Waals surface area contributed by atoms with Crippen LogP contribution in [0.5, 0.6) is 5.75 Å². The number of anilines is 1. The van der Waals surface area contributed by atoms with Crippen LogP contribution in [0.25, 0.3) is 22.6 Å². The number of hydrogen-bond acceptors (Lipinski definition) is 6. The highest BCUT2D eigenvalue weighted by molar-refractivity contribution is 6.06. The molecule has 8 nitrogen and oxygen atoms in total. The molecular formula is C26H23FN6O2. The molecule has 1 aliphatic heterocycles. The zero-order chi connectivity index (χ0) is 23.8. The number of nitrogens with one attached hydrogen (secondary N) is 1. The average molecular weight is 471 g/mol. The van der Waals surface area contributed by atoms with E-state index in [0.29, 0.717) is 54.0 Å². The summed E-state index contributed by atoms with van der Waals surface area (Å²) >= 11 is 0. The van der Waals surface area contributed by atoms with Crippen LogP contribution < -0.4 is 10.1 Å². The highest BCUT2D eigenvalue weighted by atomic mass is 19.1. The number of amides is 1. The molecule has 1 aromatic carbocycles. The minimum Gasteiger partial charge on any atom is -0.493 e. The normalized spacial score (nSPS) is 15.9. The number of nitrogens with zero attached hydrogens (tertiary/aromatic N) is 5. The van der Waals surface area contributed by atoms with Crippen molar-refractivity contribution in [3.8, 4) is 28.4 Å². The predicted octanol–water partition coefficient (Wildman–Crippen LogP) is 4.84. The molecule has 1 N–H and O–H groups in total. The van der Waals surface area contributed by atoms with Crippen molar-refractivity contribution >= 4 is 11.7 Å². The van der Waals surface area contributed by atoms with Crippen molar-refractivity contribution in [2.45, 2.75) is 38.1 Å². The Morgan fingerprint density at radius 1 is 1.09 bits per heavy atom. The summed E-state index contributed by atoms with van der Waals surface area (Å²) in [6, 6.07) is 11.9. The quantitative estimate of drug-likeness (QED) is 0.450. The number of carbonyl (C=O) groups is 1. The van der Waals surface area contributed by atoms with Gasteiger partial charge in [0.15, 0.2) is 5.82 Å². The molecule has 2 aliphatic rings. The number of carbonyl (C=O) groups excluding carboxylic acids is 1. The van der Waals surface area contributed by atoms with E-state index < -0.39 is 11.7 Å². The largest absolute Gasteiger partial charge is 0.493 e. The van der Waals surface area contributed by atoms with Crippen LogP contribution in [0.1, 0.15) is 47.7 Å². The zero-order valence-electron chi connectivity index (χ0n) is 18.9. The van der Waals surface area contributed by atoms with Crippen LogP contribution in [-0.2, 0) is 6.54 Å². The Kier molecular flexibility index (Phi) is 5.44. The lowest BCUT2D eigenvalue weighted by molar-refractivity contribution is 0.102. The van der Waals surface area contributed by atoms with Gasteiger partial charge < -0.3 is 14.6 Å². The van der Waals surface area contributed by atoms with Gasteiger partial charge in [-0.3, -0.25) is 9.78 Å². The van der Waals surface area contributed by atoms with Gasteiger partial charge in [-0.1, -0.05) is 12.1 Å². The molecule has 0 radical (unpaired) electrons. The van der Waals surface area contributed by atoms with Crippen molar-refractivity contribution in [1.29, 1.82) is 0 Å². The summed E-state index contributed by atoms with van der Waals surface area (Å²) < 4.78 is 23.0. The molecule has 0 unspecified atom stereocenters. The summed E-state index contributed by atoms with van der Waals surface area (Å²) in [5.74, 6) is 0.789. The van der Waals surface area contributed by atoms with E-state index in [-0.39, 0.29) is 11.3 Å². The van der Waals surface area contributed by atoms with Gasteiger partial charge in [-0.15, -0.1) is 10.2 Å². The van der Waals surface area contributed by atoms with E-state index in [9.17, 15) is 4.79 Å². The summed E-state index contributed by atoms with van der Waals surface area (Å²) in [5, 5.41) is 11.0. The number of benzene rings is 1. The molecule has 1 aliphatic carbocycles. The number of fused-ring (bicyclic) bond motifs is 5. The first-order valence-electron chi connectivity index (χ1n) is 11.7. The molecule has 1 fully saturated rings. The minimum atomic E-state index is -0.465. The van der Waals surface area contributed by atoms with E-state index in [4.69, 9.17) is 4.74 Å². The maximum Gasteiger partial charge on any atom is 0.260 e. The van der Waals surface area contributed by atoms with Gasteiger partial charge in [0.05, 0.1) is 12.2 Å². The van der Waals surface area contributed by atoms with Crippen LogP contribution in [0.3, 0.4) is 0 Å². The van der Waals surface area contributed by atoms with Gasteiger partial charge >= 0.3 is 0 Å². The Morgan fingerprint density at radius 2 is 2.00 bits per heavy atom. The minimum absolute atomic E-state index is 0.199. The van der Waals surface area contributed by atoms with Crippen LogP contribution in [0.2, 0.25) is 0 Å². The van der Waals surface area contributed by atoms with E-state index in [1.54, 1.807) is 24.7 Å². The number of ether oxygens (including phenoxy) is 1. The fourth-order valence-electron chi connectivity index (χ4n) is 4.25. The molecule has 35 heavy (non-hydrogen) atoms. The second-order valence-electron chi connectivity index (χ2n) is 8.84. The number of pyridine rings is 2. The molecule has 9 heteroatoms. The summed E-state index contributed by atoms with van der Waals surface area (Å²) in [6.07, 6.45) is 7.12. The lowest BCUT2D eigenvalue weighted by Crippen LogP contribution is -2.16. The Morgan fingerprint density at radius 3 is 2.83 bits per heavy atom. The summed E-state index contributed by atoms with van der Waals surface area (Å²) in [7, 11) is 0. The third kappa shape index (κ3) is 4.37. The smallest absolute Gasteiger partial charge is 0.260 e. The van der Waals surface area contributed by atoms with Crippen molar-refractivity contribution in [3.63, 3.8) is 0 Å². The van der Waals surface area contributed by atoms with E-state index >= 15 is 4.39 Å². The standard InChI is InChI=1S/C26H23FN6O2/c27-20-13-23-19(12-18(20)17-8-9-21(28-14-17)16-6-7-16)26(34)31-24-5-3-4-22(30-24)25-32-29-15-33(25)10-1-2-11-35-23/h3-5,8-9,12-16H,1-2,6-7,10-11H2,(H,30,31,34). The third-order valence-electron chi connectivity index (χ3n) is 6.29. The molecular weight excluding hydrogens is 447 g/mol. The maximum atomic E-state index is 15.2. The van der Waals surface area contributed by atoms with Crippen LogP contribution in [0, 0.1) is 5.82 Å². The molecule has 3 aromatic heterocycles. The van der Waals surface area contributed by atoms with E-state index in [1.165, 1.54) is 12.1 Å². The molecule has 4 heterocycles. The summed E-state index contributed by atoms with van der Waals surface area (Å²) in [6.45, 7) is 1.03. The molecule has 4 aromatic rings. The Balaban J connectivity index is 1.38. The average Bonchev–Trinajstić information content (AvgIpc) is 3.61. The van der Waals surface area contributed by atoms with E-state index in [2.05, 4.69) is 25.5 Å². The monoisotopic (exact) mass is 470 g/mol. The second-order valence-corrected chi connectivity index (χ2v) is 8.84. The summed E-state index contributed by atoms with van der Waals surface area (Å²) in [5.41, 5.74) is 2.78. The van der Waals surface area contributed by atoms with Gasteiger partial charge in [0.1, 0.15) is 29.4 Å². The molecule has 2 bridgehead atoms. The number of hydrogen-bond donors (Lipinski definition) is 1. The Bertz CT molecular complexity index is 1400. The topological polar surface area (TPSA) is 94.8 Å². The predicted molar refractivity (Wildman–Crippen MR) is 128 cm³/mol. The molecule has 1 amide bonds. The fourth-order valence-corrected chi connectivity index (χ4v) is 4.25. The first-order valence-corrected chi connectivity index (χ1v) is 11.7. The van der Waals surface area contributed by atoms with Crippen molar-refractivity contribution in [2.75, 3.05) is 11.9 Å². The lowest BCUT2D eigenvalue weighted by atomic mass is 10.0. The lowest BCUT2D eigenvalue weighted by Gasteiger charge is -2.16. The van der Waals surface area contributed by atoms with Gasteiger partial charge in [-0.05, 0) is 49.9 Å². The molecule has 0 atom stereocenters. The van der Waals surface area contributed by atoms with Gasteiger partial charge in [0.2, 0.25) is 0 Å². The van der Waals surface area contributed by atoms with Gasteiger partial charge in [-0.25, -0.2) is 9.37 Å². The molecule has 176 valence electrons. The Hall–Kier alpha value is -4.14. The summed E-state index contributed by atoms with van der Waals surface area (Å²) in [4.78, 5) is 22.4. The first kappa shape index (κ1) is 21.4. The number of aryl methyl sites for hydroxylation is 1. The number of halogens is 1. The van der Waals surface area contributed by atoms with Gasteiger partial charge in [0, 0.05) is 41.5 Å². The number of rotatable bonds is 2. The van der Waals surface area contributed by atoms with E-state index in [0.717, 1.165) is 25.0 Å². The van der Waals surface area contributed by atoms with E-state index in [1.807, 2.05) is 22.8 Å². The van der Waals surface area contributed by atoms with Crippen LogP contribution in [-0.4, -0.2) is 37.2 Å². The SMILES string of the molecule is O=C1Nc2cccc(n2)-c2nncn2CCCCOc2cc(F)c(-c3ccc(C4CC4)nc3)cc21.